The van der Waals surface area contributed by atoms with Gasteiger partial charge in [0, 0.05) is 19.2 Å². The molecule has 0 bridgehead atoms. The maximum atomic E-state index is 12.9. The van der Waals surface area contributed by atoms with E-state index in [1.807, 2.05) is 43.3 Å². The molecule has 0 aromatic heterocycles. The zero-order valence-electron chi connectivity index (χ0n) is 15.3. The number of carbonyl (C=O) groups is 1. The quantitative estimate of drug-likeness (QED) is 0.828. The van der Waals surface area contributed by atoms with Crippen LogP contribution in [0.5, 0.6) is 0 Å². The van der Waals surface area contributed by atoms with Crippen LogP contribution in [0.4, 0.5) is 5.69 Å². The summed E-state index contributed by atoms with van der Waals surface area (Å²) in [6.07, 6.45) is 2.75. The van der Waals surface area contributed by atoms with Gasteiger partial charge in [-0.15, -0.1) is 0 Å². The third kappa shape index (κ3) is 3.60. The number of benzene rings is 2. The zero-order chi connectivity index (χ0) is 18.9. The first-order valence-corrected chi connectivity index (χ1v) is 10.6. The molecule has 5 nitrogen and oxygen atoms in total. The summed E-state index contributed by atoms with van der Waals surface area (Å²) in [6.45, 7) is 2.49. The van der Waals surface area contributed by atoms with E-state index >= 15 is 0 Å². The third-order valence-corrected chi connectivity index (χ3v) is 6.17. The Hall–Kier alpha value is -2.34. The number of hydrogen-bond acceptors (Lipinski definition) is 3. The van der Waals surface area contributed by atoms with Gasteiger partial charge in [-0.25, -0.2) is 8.42 Å². The highest BCUT2D eigenvalue weighted by atomic mass is 32.2. The summed E-state index contributed by atoms with van der Waals surface area (Å²) < 4.78 is 25.4. The smallest absolute Gasteiger partial charge is 0.254 e. The summed E-state index contributed by atoms with van der Waals surface area (Å²) in [4.78, 5) is 14.6. The van der Waals surface area contributed by atoms with Crippen LogP contribution in [0.1, 0.15) is 40.9 Å². The van der Waals surface area contributed by atoms with E-state index in [9.17, 15) is 13.2 Å². The molecule has 0 fully saturated rings. The molecular formula is C20H24N2O3S. The standard InChI is InChI=1S/C20H24N2O3S/c1-15(16-8-5-4-6-9-16)21(2)20(23)18-11-12-19-17(14-18)10-7-13-22(19)26(3,24)25/h4-6,8-9,11-12,14-15H,7,10,13H2,1-3H3/t15-/m0/s1. The lowest BCUT2D eigenvalue weighted by atomic mass is 9.99. The van der Waals surface area contributed by atoms with Gasteiger partial charge in [0.1, 0.15) is 0 Å². The van der Waals surface area contributed by atoms with Gasteiger partial charge in [0.2, 0.25) is 10.0 Å². The van der Waals surface area contributed by atoms with Gasteiger partial charge < -0.3 is 4.90 Å². The molecule has 1 aliphatic rings. The first-order valence-electron chi connectivity index (χ1n) is 8.72. The second-order valence-corrected chi connectivity index (χ2v) is 8.69. The molecule has 0 N–H and O–H groups in total. The van der Waals surface area contributed by atoms with Crippen molar-refractivity contribution in [3.05, 3.63) is 65.2 Å². The number of carbonyl (C=O) groups excluding carboxylic acids is 1. The van der Waals surface area contributed by atoms with E-state index in [2.05, 4.69) is 0 Å². The molecule has 26 heavy (non-hydrogen) atoms. The molecule has 0 saturated carbocycles. The molecule has 0 aliphatic carbocycles. The van der Waals surface area contributed by atoms with Crippen molar-refractivity contribution < 1.29 is 13.2 Å². The van der Waals surface area contributed by atoms with Crippen LogP contribution in [0.25, 0.3) is 0 Å². The number of anilines is 1. The van der Waals surface area contributed by atoms with Gasteiger partial charge in [0.25, 0.3) is 5.91 Å². The van der Waals surface area contributed by atoms with Crippen LogP contribution in [0, 0.1) is 0 Å². The second kappa shape index (κ2) is 7.11. The van der Waals surface area contributed by atoms with Gasteiger partial charge in [0.05, 0.1) is 18.0 Å². The normalized spacial score (nSPS) is 15.3. The van der Waals surface area contributed by atoms with Crippen molar-refractivity contribution in [2.75, 3.05) is 24.2 Å². The fraction of sp³-hybridized carbons (Fsp3) is 0.350. The number of aryl methyl sites for hydroxylation is 1. The van der Waals surface area contributed by atoms with E-state index in [0.29, 0.717) is 17.8 Å². The number of nitrogens with zero attached hydrogens (tertiary/aromatic N) is 2. The fourth-order valence-corrected chi connectivity index (χ4v) is 4.37. The molecule has 138 valence electrons. The second-order valence-electron chi connectivity index (χ2n) is 6.78. The summed E-state index contributed by atoms with van der Waals surface area (Å²) in [6, 6.07) is 15.1. The van der Waals surface area contributed by atoms with E-state index in [1.165, 1.54) is 10.6 Å². The lowest BCUT2D eigenvalue weighted by Gasteiger charge is -2.30. The van der Waals surface area contributed by atoms with Crippen LogP contribution in [-0.2, 0) is 16.4 Å². The van der Waals surface area contributed by atoms with Crippen molar-refractivity contribution in [1.29, 1.82) is 0 Å². The summed E-state index contributed by atoms with van der Waals surface area (Å²) in [5.41, 5.74) is 3.26. The summed E-state index contributed by atoms with van der Waals surface area (Å²) in [7, 11) is -1.51. The lowest BCUT2D eigenvalue weighted by Crippen LogP contribution is -2.35. The first-order chi connectivity index (χ1) is 12.3. The monoisotopic (exact) mass is 372 g/mol. The molecule has 1 aliphatic heterocycles. The molecular weight excluding hydrogens is 348 g/mol. The van der Waals surface area contributed by atoms with Crippen LogP contribution < -0.4 is 4.31 Å². The van der Waals surface area contributed by atoms with Crippen LogP contribution >= 0.6 is 0 Å². The van der Waals surface area contributed by atoms with E-state index in [0.717, 1.165) is 24.0 Å². The van der Waals surface area contributed by atoms with E-state index in [-0.39, 0.29) is 11.9 Å². The molecule has 0 saturated heterocycles. The number of rotatable bonds is 4. The molecule has 0 spiro atoms. The maximum absolute atomic E-state index is 12.9. The fourth-order valence-electron chi connectivity index (χ4n) is 3.37. The van der Waals surface area contributed by atoms with Gasteiger partial charge in [0.15, 0.2) is 0 Å². The first kappa shape index (κ1) is 18.5. The molecule has 1 amide bonds. The van der Waals surface area contributed by atoms with E-state index in [1.54, 1.807) is 24.1 Å². The Labute approximate surface area is 155 Å². The summed E-state index contributed by atoms with van der Waals surface area (Å²) >= 11 is 0. The Balaban J connectivity index is 1.87. The van der Waals surface area contributed by atoms with E-state index < -0.39 is 10.0 Å². The average molecular weight is 372 g/mol. The Morgan fingerprint density at radius 2 is 1.85 bits per heavy atom. The van der Waals surface area contributed by atoms with Crippen LogP contribution in [-0.4, -0.2) is 39.1 Å². The number of hydrogen-bond donors (Lipinski definition) is 0. The number of fused-ring (bicyclic) bond motifs is 1. The Kier molecular flexibility index (Phi) is 5.05. The minimum atomic E-state index is -3.30. The van der Waals surface area contributed by atoms with Crippen LogP contribution in [0.2, 0.25) is 0 Å². The lowest BCUT2D eigenvalue weighted by molar-refractivity contribution is 0.0742. The Bertz CT molecular complexity index is 910. The van der Waals surface area contributed by atoms with Crippen molar-refractivity contribution in [3.63, 3.8) is 0 Å². The van der Waals surface area contributed by atoms with Gasteiger partial charge in [-0.1, -0.05) is 30.3 Å². The van der Waals surface area contributed by atoms with Crippen molar-refractivity contribution in [1.82, 2.24) is 4.90 Å². The predicted molar refractivity (Wildman–Crippen MR) is 104 cm³/mol. The number of amides is 1. The molecule has 3 rings (SSSR count). The van der Waals surface area contributed by atoms with Crippen molar-refractivity contribution in [2.24, 2.45) is 0 Å². The third-order valence-electron chi connectivity index (χ3n) is 4.99. The highest BCUT2D eigenvalue weighted by Crippen LogP contribution is 2.30. The minimum Gasteiger partial charge on any atom is -0.335 e. The molecule has 2 aromatic carbocycles. The SMILES string of the molecule is C[C@@H](c1ccccc1)N(C)C(=O)c1ccc2c(c1)CCCN2S(C)(=O)=O. The van der Waals surface area contributed by atoms with Crippen molar-refractivity contribution in [3.8, 4) is 0 Å². The predicted octanol–water partition coefficient (Wildman–Crippen LogP) is 3.23. The van der Waals surface area contributed by atoms with Gasteiger partial charge in [-0.2, -0.15) is 0 Å². The largest absolute Gasteiger partial charge is 0.335 e. The molecule has 0 radical (unpaired) electrons. The Morgan fingerprint density at radius 1 is 1.15 bits per heavy atom. The molecule has 0 unspecified atom stereocenters. The van der Waals surface area contributed by atoms with Crippen molar-refractivity contribution in [2.45, 2.75) is 25.8 Å². The average Bonchev–Trinajstić information content (AvgIpc) is 2.65. The van der Waals surface area contributed by atoms with Crippen molar-refractivity contribution >= 4 is 21.6 Å². The Morgan fingerprint density at radius 3 is 2.50 bits per heavy atom. The zero-order valence-corrected chi connectivity index (χ0v) is 16.2. The minimum absolute atomic E-state index is 0.0488. The van der Waals surface area contributed by atoms with Gasteiger partial charge in [-0.3, -0.25) is 9.10 Å². The summed E-state index contributed by atoms with van der Waals surface area (Å²) in [5.74, 6) is -0.0689. The maximum Gasteiger partial charge on any atom is 0.254 e. The van der Waals surface area contributed by atoms with Gasteiger partial charge >= 0.3 is 0 Å². The number of sulfonamides is 1. The van der Waals surface area contributed by atoms with Crippen LogP contribution in [0.3, 0.4) is 0 Å². The topological polar surface area (TPSA) is 57.7 Å². The molecule has 1 heterocycles. The summed E-state index contributed by atoms with van der Waals surface area (Å²) in [5, 5.41) is 0. The highest BCUT2D eigenvalue weighted by Gasteiger charge is 2.26. The molecule has 2 aromatic rings. The van der Waals surface area contributed by atoms with Crippen LogP contribution in [0.15, 0.2) is 48.5 Å². The highest BCUT2D eigenvalue weighted by molar-refractivity contribution is 7.92. The molecule has 6 heteroatoms. The molecule has 1 atom stereocenters. The van der Waals surface area contributed by atoms with E-state index in [4.69, 9.17) is 0 Å². The van der Waals surface area contributed by atoms with Gasteiger partial charge in [-0.05, 0) is 49.1 Å².